The standard InChI is InChI=1S/C31H35N7O2S/c1-31(12-13-31)22-40-29-28(20-34-38(30(29)39)25-5-3-2-4-6-25)36-15-17-37(18-16-36)41-21-23-7-9-24(10-8-23)35-27-11-14-33-19-26(27)32/h2-11,14,19-20H,12-13,15-18,21-22,32H2,1H3,(H,33,35). The van der Waals surface area contributed by atoms with E-state index in [1.807, 2.05) is 48.3 Å². The number of hydrogen-bond donors (Lipinski definition) is 2. The molecule has 212 valence electrons. The fourth-order valence-corrected chi connectivity index (χ4v) is 5.68. The zero-order valence-electron chi connectivity index (χ0n) is 23.2. The zero-order chi connectivity index (χ0) is 28.2. The molecule has 10 heteroatoms. The maximum Gasteiger partial charge on any atom is 0.316 e. The van der Waals surface area contributed by atoms with E-state index in [0.29, 0.717) is 18.0 Å². The molecule has 4 aromatic rings. The van der Waals surface area contributed by atoms with E-state index in [9.17, 15) is 4.79 Å². The van der Waals surface area contributed by atoms with Crippen molar-refractivity contribution in [3.8, 4) is 11.4 Å². The molecule has 2 aromatic heterocycles. The van der Waals surface area contributed by atoms with Gasteiger partial charge < -0.3 is 20.7 Å². The van der Waals surface area contributed by atoms with Crippen molar-refractivity contribution in [2.75, 3.05) is 48.7 Å². The summed E-state index contributed by atoms with van der Waals surface area (Å²) in [6, 6.07) is 19.8. The van der Waals surface area contributed by atoms with E-state index in [-0.39, 0.29) is 11.0 Å². The van der Waals surface area contributed by atoms with E-state index in [1.165, 1.54) is 10.2 Å². The van der Waals surface area contributed by atoms with Gasteiger partial charge in [0.15, 0.2) is 0 Å². The van der Waals surface area contributed by atoms with Crippen molar-refractivity contribution in [1.82, 2.24) is 19.1 Å². The number of nitrogens with one attached hydrogen (secondary N) is 1. The first-order valence-electron chi connectivity index (χ1n) is 14.0. The molecule has 2 aliphatic rings. The van der Waals surface area contributed by atoms with Crippen molar-refractivity contribution in [1.29, 1.82) is 0 Å². The number of nitrogens with two attached hydrogens (primary N) is 1. The Kier molecular flexibility index (Phi) is 7.84. The highest BCUT2D eigenvalue weighted by molar-refractivity contribution is 7.96. The van der Waals surface area contributed by atoms with Gasteiger partial charge in [0.2, 0.25) is 5.75 Å². The van der Waals surface area contributed by atoms with Crippen LogP contribution in [0.3, 0.4) is 0 Å². The Hall–Kier alpha value is -4.02. The number of benzene rings is 2. The van der Waals surface area contributed by atoms with E-state index >= 15 is 0 Å². The lowest BCUT2D eigenvalue weighted by Crippen LogP contribution is -2.44. The monoisotopic (exact) mass is 569 g/mol. The number of rotatable bonds is 10. The number of pyridine rings is 1. The summed E-state index contributed by atoms with van der Waals surface area (Å²) in [7, 11) is 0. The smallest absolute Gasteiger partial charge is 0.316 e. The second-order valence-corrected chi connectivity index (χ2v) is 12.0. The van der Waals surface area contributed by atoms with Gasteiger partial charge >= 0.3 is 5.56 Å². The van der Waals surface area contributed by atoms with Gasteiger partial charge in [-0.1, -0.05) is 49.2 Å². The molecule has 0 unspecified atom stereocenters. The molecule has 1 saturated carbocycles. The minimum atomic E-state index is -0.209. The number of anilines is 4. The highest BCUT2D eigenvalue weighted by atomic mass is 32.2. The van der Waals surface area contributed by atoms with Gasteiger partial charge in [-0.25, -0.2) is 4.31 Å². The minimum absolute atomic E-state index is 0.167. The summed E-state index contributed by atoms with van der Waals surface area (Å²) in [6.45, 7) is 6.12. The Morgan fingerprint density at radius 1 is 1.00 bits per heavy atom. The molecular formula is C31H35N7O2S. The number of hydrogen-bond acceptors (Lipinski definition) is 9. The summed E-state index contributed by atoms with van der Waals surface area (Å²) in [5, 5.41) is 7.87. The summed E-state index contributed by atoms with van der Waals surface area (Å²) in [5.41, 5.74) is 11.2. The van der Waals surface area contributed by atoms with E-state index in [1.54, 1.807) is 18.6 Å². The van der Waals surface area contributed by atoms with Gasteiger partial charge in [-0.2, -0.15) is 9.78 Å². The van der Waals surface area contributed by atoms with Crippen LogP contribution in [0.1, 0.15) is 25.3 Å². The molecule has 0 spiro atoms. The van der Waals surface area contributed by atoms with Crippen molar-refractivity contribution >= 4 is 34.7 Å². The Balaban J connectivity index is 1.07. The van der Waals surface area contributed by atoms with Gasteiger partial charge in [0.1, 0.15) is 5.69 Å². The number of aromatic nitrogens is 3. The first kappa shape index (κ1) is 27.2. The molecule has 2 aromatic carbocycles. The maximum absolute atomic E-state index is 13.6. The van der Waals surface area contributed by atoms with Crippen molar-refractivity contribution in [2.24, 2.45) is 5.41 Å². The molecule has 6 rings (SSSR count). The zero-order valence-corrected chi connectivity index (χ0v) is 24.0. The Morgan fingerprint density at radius 3 is 2.46 bits per heavy atom. The molecule has 9 nitrogen and oxygen atoms in total. The highest BCUT2D eigenvalue weighted by Gasteiger charge is 2.39. The lowest BCUT2D eigenvalue weighted by atomic mass is 10.2. The summed E-state index contributed by atoms with van der Waals surface area (Å²) in [5.74, 6) is 1.29. The maximum atomic E-state index is 13.6. The van der Waals surface area contributed by atoms with Crippen LogP contribution >= 0.6 is 11.9 Å². The van der Waals surface area contributed by atoms with Gasteiger partial charge in [0.25, 0.3) is 0 Å². The third-order valence-electron chi connectivity index (χ3n) is 7.66. The van der Waals surface area contributed by atoms with E-state index < -0.39 is 0 Å². The molecule has 0 bridgehead atoms. The van der Waals surface area contributed by atoms with Crippen molar-refractivity contribution < 1.29 is 4.74 Å². The summed E-state index contributed by atoms with van der Waals surface area (Å²) >= 11 is 1.83. The molecule has 3 N–H and O–H groups in total. The van der Waals surface area contributed by atoms with Gasteiger partial charge in [-0.3, -0.25) is 9.78 Å². The van der Waals surface area contributed by atoms with Crippen LogP contribution in [-0.4, -0.2) is 51.9 Å². The molecule has 2 fully saturated rings. The lowest BCUT2D eigenvalue weighted by molar-refractivity contribution is 0.243. The van der Waals surface area contributed by atoms with Crippen molar-refractivity contribution in [3.63, 3.8) is 0 Å². The molecule has 0 amide bonds. The van der Waals surface area contributed by atoms with Crippen LogP contribution in [0.2, 0.25) is 0 Å². The molecule has 3 heterocycles. The first-order chi connectivity index (χ1) is 20.0. The molecular weight excluding hydrogens is 534 g/mol. The largest absolute Gasteiger partial charge is 0.486 e. The fraction of sp³-hybridized carbons (Fsp3) is 0.323. The molecule has 41 heavy (non-hydrogen) atoms. The van der Waals surface area contributed by atoms with Gasteiger partial charge in [0.05, 0.1) is 36.1 Å². The molecule has 1 aliphatic heterocycles. The van der Waals surface area contributed by atoms with Gasteiger partial charge in [0, 0.05) is 49.2 Å². The van der Waals surface area contributed by atoms with E-state index in [2.05, 4.69) is 55.8 Å². The van der Waals surface area contributed by atoms with E-state index in [0.717, 1.165) is 67.5 Å². The molecule has 1 aliphatic carbocycles. The van der Waals surface area contributed by atoms with Crippen LogP contribution < -0.4 is 26.2 Å². The van der Waals surface area contributed by atoms with Gasteiger partial charge in [-0.15, -0.1) is 0 Å². The molecule has 1 saturated heterocycles. The predicted molar refractivity (Wildman–Crippen MR) is 166 cm³/mol. The third kappa shape index (κ3) is 6.49. The van der Waals surface area contributed by atoms with Gasteiger partial charge in [-0.05, 0) is 48.7 Å². The van der Waals surface area contributed by atoms with Crippen LogP contribution in [0.25, 0.3) is 5.69 Å². The highest BCUT2D eigenvalue weighted by Crippen LogP contribution is 2.45. The van der Waals surface area contributed by atoms with Crippen LogP contribution in [0.4, 0.5) is 22.7 Å². The van der Waals surface area contributed by atoms with Crippen molar-refractivity contribution in [2.45, 2.75) is 25.5 Å². The quantitative estimate of drug-likeness (QED) is 0.253. The number of para-hydroxylation sites is 1. The average Bonchev–Trinajstić information content (AvgIpc) is 3.75. The number of ether oxygens (including phenoxy) is 1. The Labute approximate surface area is 244 Å². The topological polar surface area (TPSA) is 102 Å². The normalized spacial score (nSPS) is 16.4. The first-order valence-corrected chi connectivity index (χ1v) is 14.9. The SMILES string of the molecule is CC1(COc2c(N3CCN(SCc4ccc(Nc5ccncc5N)cc4)CC3)cnn(-c3ccccc3)c2=O)CC1. The molecule has 0 atom stereocenters. The Morgan fingerprint density at radius 2 is 1.76 bits per heavy atom. The second kappa shape index (κ2) is 11.8. The van der Waals surface area contributed by atoms with Crippen LogP contribution in [-0.2, 0) is 5.75 Å². The third-order valence-corrected chi connectivity index (χ3v) is 8.85. The predicted octanol–water partition coefficient (Wildman–Crippen LogP) is 5.10. The van der Waals surface area contributed by atoms with Crippen LogP contribution in [0.15, 0.2) is 84.0 Å². The minimum Gasteiger partial charge on any atom is -0.486 e. The average molecular weight is 570 g/mol. The number of nitrogens with zero attached hydrogens (tertiary/aromatic N) is 5. The van der Waals surface area contributed by atoms with E-state index in [4.69, 9.17) is 10.5 Å². The fourth-order valence-electron chi connectivity index (χ4n) is 4.73. The Bertz CT molecular complexity index is 1530. The van der Waals surface area contributed by atoms with Crippen LogP contribution in [0, 0.1) is 5.41 Å². The van der Waals surface area contributed by atoms with Crippen LogP contribution in [0.5, 0.6) is 5.75 Å². The summed E-state index contributed by atoms with van der Waals surface area (Å²) in [4.78, 5) is 19.8. The second-order valence-electron chi connectivity index (χ2n) is 11.0. The number of nitrogen functional groups attached to an aromatic ring is 1. The van der Waals surface area contributed by atoms with Crippen molar-refractivity contribution in [3.05, 3.63) is 95.2 Å². The summed E-state index contributed by atoms with van der Waals surface area (Å²) in [6.07, 6.45) is 7.42. The number of piperazine rings is 1. The lowest BCUT2D eigenvalue weighted by Gasteiger charge is -2.35. The summed E-state index contributed by atoms with van der Waals surface area (Å²) < 4.78 is 10.1. The molecule has 0 radical (unpaired) electrons.